The van der Waals surface area contributed by atoms with Gasteiger partial charge in [0.1, 0.15) is 10.3 Å². The summed E-state index contributed by atoms with van der Waals surface area (Å²) in [5.74, 6) is -0.280. The molecule has 0 bridgehead atoms. The number of sulfonamides is 1. The first-order valence-electron chi connectivity index (χ1n) is 10.0. The summed E-state index contributed by atoms with van der Waals surface area (Å²) in [5, 5.41) is 4.59. The van der Waals surface area contributed by atoms with Crippen LogP contribution in [-0.2, 0) is 27.9 Å². The molecular formula is C22H23N3O4S2. The predicted octanol–water partition coefficient (Wildman–Crippen LogP) is 2.43. The number of hydrogen-bond donors (Lipinski definition) is 1. The van der Waals surface area contributed by atoms with Crippen molar-refractivity contribution >= 4 is 27.3 Å². The van der Waals surface area contributed by atoms with Crippen LogP contribution in [0.3, 0.4) is 0 Å². The maximum atomic E-state index is 12.8. The van der Waals surface area contributed by atoms with Crippen LogP contribution in [0.2, 0.25) is 0 Å². The number of carbonyl (C=O) groups is 1. The highest BCUT2D eigenvalue weighted by molar-refractivity contribution is 7.91. The molecule has 0 aliphatic carbocycles. The van der Waals surface area contributed by atoms with Crippen molar-refractivity contribution in [2.75, 3.05) is 6.54 Å². The number of nitrogens with one attached hydrogen (secondary N) is 1. The van der Waals surface area contributed by atoms with Crippen LogP contribution in [0, 0.1) is 0 Å². The second kappa shape index (κ2) is 9.17. The fourth-order valence-corrected chi connectivity index (χ4v) is 6.45. The highest BCUT2D eigenvalue weighted by atomic mass is 32.2. The molecule has 1 aliphatic rings. The topological polar surface area (TPSA) is 88.5 Å². The van der Waals surface area contributed by atoms with E-state index in [1.165, 1.54) is 10.4 Å². The molecule has 1 saturated heterocycles. The van der Waals surface area contributed by atoms with E-state index in [1.807, 2.05) is 30.3 Å². The van der Waals surface area contributed by atoms with Crippen LogP contribution in [-0.4, -0.2) is 35.8 Å². The Hall–Kier alpha value is -2.75. The van der Waals surface area contributed by atoms with Crippen molar-refractivity contribution in [2.24, 2.45) is 0 Å². The summed E-state index contributed by atoms with van der Waals surface area (Å²) in [6, 6.07) is 15.3. The molecule has 3 heterocycles. The van der Waals surface area contributed by atoms with E-state index in [9.17, 15) is 18.0 Å². The number of rotatable bonds is 7. The van der Waals surface area contributed by atoms with E-state index in [0.29, 0.717) is 32.5 Å². The van der Waals surface area contributed by atoms with Crippen molar-refractivity contribution in [1.29, 1.82) is 0 Å². The number of aromatic nitrogens is 1. The van der Waals surface area contributed by atoms with Gasteiger partial charge in [0, 0.05) is 25.4 Å². The molecule has 3 aromatic rings. The maximum Gasteiger partial charge on any atom is 0.253 e. The van der Waals surface area contributed by atoms with Crippen LogP contribution in [0.4, 0.5) is 0 Å². The zero-order valence-electron chi connectivity index (χ0n) is 16.8. The zero-order chi connectivity index (χ0) is 21.8. The van der Waals surface area contributed by atoms with Crippen LogP contribution in [0.25, 0.3) is 0 Å². The highest BCUT2D eigenvalue weighted by Gasteiger charge is 2.39. The number of amides is 1. The first kappa shape index (κ1) is 21.5. The van der Waals surface area contributed by atoms with Gasteiger partial charge in [0.05, 0.1) is 6.54 Å². The minimum Gasteiger partial charge on any atom is -0.351 e. The largest absolute Gasteiger partial charge is 0.351 e. The number of benzene rings is 1. The lowest BCUT2D eigenvalue weighted by Gasteiger charge is -2.22. The molecule has 162 valence electrons. The maximum absolute atomic E-state index is 12.8. The fraction of sp³-hybridized carbons (Fsp3) is 0.273. The van der Waals surface area contributed by atoms with E-state index in [4.69, 9.17) is 0 Å². The predicted molar refractivity (Wildman–Crippen MR) is 119 cm³/mol. The summed E-state index contributed by atoms with van der Waals surface area (Å²) in [6.45, 7) is 1.14. The molecule has 1 N–H and O–H groups in total. The van der Waals surface area contributed by atoms with Crippen molar-refractivity contribution in [2.45, 2.75) is 36.2 Å². The average Bonchev–Trinajstić information content (AvgIpc) is 3.47. The van der Waals surface area contributed by atoms with Crippen LogP contribution in [0.1, 0.15) is 24.0 Å². The second-order valence-electron chi connectivity index (χ2n) is 7.41. The molecule has 1 fully saturated rings. The van der Waals surface area contributed by atoms with Gasteiger partial charge in [-0.3, -0.25) is 9.59 Å². The lowest BCUT2D eigenvalue weighted by Crippen LogP contribution is -2.45. The number of hydrogen-bond acceptors (Lipinski definition) is 5. The summed E-state index contributed by atoms with van der Waals surface area (Å²) in [6.07, 6.45) is 2.92. The molecule has 7 nitrogen and oxygen atoms in total. The Morgan fingerprint density at radius 1 is 1.06 bits per heavy atom. The smallest absolute Gasteiger partial charge is 0.253 e. The quantitative estimate of drug-likeness (QED) is 0.590. The SMILES string of the molecule is O=C(NCc1ccc(Cn2ccccc2=O)cc1)C1CCCN1S(=O)(=O)c1cccs1. The van der Waals surface area contributed by atoms with E-state index >= 15 is 0 Å². The molecule has 0 radical (unpaired) electrons. The summed E-state index contributed by atoms with van der Waals surface area (Å²) < 4.78 is 28.9. The van der Waals surface area contributed by atoms with E-state index < -0.39 is 16.1 Å². The summed E-state index contributed by atoms with van der Waals surface area (Å²) >= 11 is 1.16. The Kier molecular flexibility index (Phi) is 6.35. The molecule has 2 aromatic heterocycles. The van der Waals surface area contributed by atoms with Crippen LogP contribution >= 0.6 is 11.3 Å². The van der Waals surface area contributed by atoms with Crippen LogP contribution < -0.4 is 10.9 Å². The molecule has 1 unspecified atom stereocenters. The van der Waals surface area contributed by atoms with Gasteiger partial charge in [-0.2, -0.15) is 4.31 Å². The van der Waals surface area contributed by atoms with E-state index in [-0.39, 0.29) is 15.7 Å². The van der Waals surface area contributed by atoms with Crippen LogP contribution in [0.5, 0.6) is 0 Å². The van der Waals surface area contributed by atoms with Gasteiger partial charge >= 0.3 is 0 Å². The van der Waals surface area contributed by atoms with Crippen molar-refractivity contribution in [3.63, 3.8) is 0 Å². The van der Waals surface area contributed by atoms with Crippen LogP contribution in [0.15, 0.2) is 75.2 Å². The van der Waals surface area contributed by atoms with Gasteiger partial charge in [0.25, 0.3) is 15.6 Å². The normalized spacial score (nSPS) is 17.0. The van der Waals surface area contributed by atoms with Gasteiger partial charge in [0.2, 0.25) is 5.91 Å². The molecule has 1 atom stereocenters. The minimum atomic E-state index is -3.65. The van der Waals surface area contributed by atoms with Gasteiger partial charge < -0.3 is 9.88 Å². The Labute approximate surface area is 185 Å². The standard InChI is InChI=1S/C22H23N3O4S2/c26-20-6-1-2-12-24(20)16-18-10-8-17(9-11-18)15-23-22(27)19-5-3-13-25(19)31(28,29)21-7-4-14-30-21/h1-2,4,6-12,14,19H,3,5,13,15-16H2,(H,23,27). The van der Waals surface area contributed by atoms with Crippen molar-refractivity contribution in [1.82, 2.24) is 14.2 Å². The molecule has 0 saturated carbocycles. The summed E-state index contributed by atoms with van der Waals surface area (Å²) in [7, 11) is -3.65. The highest BCUT2D eigenvalue weighted by Crippen LogP contribution is 2.28. The monoisotopic (exact) mass is 457 g/mol. The molecule has 1 aliphatic heterocycles. The lowest BCUT2D eigenvalue weighted by atomic mass is 10.1. The Morgan fingerprint density at radius 3 is 2.55 bits per heavy atom. The first-order chi connectivity index (χ1) is 14.9. The summed E-state index contributed by atoms with van der Waals surface area (Å²) in [4.78, 5) is 24.6. The Bertz CT molecular complexity index is 1200. The van der Waals surface area contributed by atoms with Gasteiger partial charge in [0.15, 0.2) is 0 Å². The third kappa shape index (κ3) is 4.79. The van der Waals surface area contributed by atoms with Crippen molar-refractivity contribution in [3.8, 4) is 0 Å². The zero-order valence-corrected chi connectivity index (χ0v) is 18.4. The second-order valence-corrected chi connectivity index (χ2v) is 10.5. The van der Waals surface area contributed by atoms with Gasteiger partial charge in [-0.1, -0.05) is 36.4 Å². The molecule has 9 heteroatoms. The molecule has 31 heavy (non-hydrogen) atoms. The number of thiophene rings is 1. The molecular weight excluding hydrogens is 434 g/mol. The summed E-state index contributed by atoms with van der Waals surface area (Å²) in [5.41, 5.74) is 1.83. The fourth-order valence-electron chi connectivity index (χ4n) is 3.67. The lowest BCUT2D eigenvalue weighted by molar-refractivity contribution is -0.124. The average molecular weight is 458 g/mol. The Balaban J connectivity index is 1.37. The van der Waals surface area contributed by atoms with Gasteiger partial charge in [-0.05, 0) is 41.5 Å². The van der Waals surface area contributed by atoms with Gasteiger partial charge in [-0.15, -0.1) is 11.3 Å². The molecule has 0 spiro atoms. The van der Waals surface area contributed by atoms with Crippen molar-refractivity contribution < 1.29 is 13.2 Å². The van der Waals surface area contributed by atoms with E-state index in [1.54, 1.807) is 34.3 Å². The van der Waals surface area contributed by atoms with Gasteiger partial charge in [-0.25, -0.2) is 8.42 Å². The van der Waals surface area contributed by atoms with E-state index in [0.717, 1.165) is 22.5 Å². The number of carbonyl (C=O) groups excluding carboxylic acids is 1. The number of nitrogens with zero attached hydrogens (tertiary/aromatic N) is 2. The molecule has 1 aromatic carbocycles. The third-order valence-electron chi connectivity index (χ3n) is 5.31. The molecule has 1 amide bonds. The first-order valence-corrected chi connectivity index (χ1v) is 12.3. The molecule has 4 rings (SSSR count). The number of pyridine rings is 1. The van der Waals surface area contributed by atoms with Crippen molar-refractivity contribution in [3.05, 3.63) is 87.7 Å². The third-order valence-corrected chi connectivity index (χ3v) is 8.59. The minimum absolute atomic E-state index is 0.0579. The van der Waals surface area contributed by atoms with E-state index in [2.05, 4.69) is 5.32 Å². The Morgan fingerprint density at radius 2 is 1.84 bits per heavy atom.